The van der Waals surface area contributed by atoms with Gasteiger partial charge in [0.2, 0.25) is 0 Å². The van der Waals surface area contributed by atoms with Crippen LogP contribution in [0.3, 0.4) is 0 Å². The Balaban J connectivity index is 2.27. The number of likely N-dealkylation sites (tertiary alicyclic amines) is 1. The minimum Gasteiger partial charge on any atom is -0.394 e. The summed E-state index contributed by atoms with van der Waals surface area (Å²) in [6.07, 6.45) is 3.56. The molecule has 2 atom stereocenters. The van der Waals surface area contributed by atoms with E-state index in [1.807, 2.05) is 0 Å². The Labute approximate surface area is 119 Å². The van der Waals surface area contributed by atoms with Crippen LogP contribution in [-0.4, -0.2) is 48.3 Å². The zero-order valence-corrected chi connectivity index (χ0v) is 13.6. The summed E-state index contributed by atoms with van der Waals surface area (Å²) in [4.78, 5) is 2.60. The number of rotatable bonds is 7. The van der Waals surface area contributed by atoms with Crippen LogP contribution in [0.25, 0.3) is 0 Å². The molecule has 1 fully saturated rings. The fourth-order valence-electron chi connectivity index (χ4n) is 3.09. The highest BCUT2D eigenvalue weighted by Gasteiger charge is 2.31. The molecule has 0 amide bonds. The monoisotopic (exact) mass is 270 g/mol. The molecule has 19 heavy (non-hydrogen) atoms. The first-order chi connectivity index (χ1) is 8.80. The zero-order chi connectivity index (χ0) is 14.5. The van der Waals surface area contributed by atoms with Crippen LogP contribution in [0, 0.1) is 11.3 Å². The van der Waals surface area contributed by atoms with Crippen molar-refractivity contribution in [3.63, 3.8) is 0 Å². The number of aliphatic hydroxyl groups excluding tert-OH is 1. The summed E-state index contributed by atoms with van der Waals surface area (Å²) in [5.41, 5.74) is 0.343. The molecule has 1 aliphatic heterocycles. The average molecular weight is 270 g/mol. The second kappa shape index (κ2) is 7.05. The fraction of sp³-hybridized carbons (Fsp3) is 1.00. The SMILES string of the molecule is CCNC(C)(CO)CCCN1CCC(C(C)(C)C)C1. The van der Waals surface area contributed by atoms with Crippen molar-refractivity contribution in [3.8, 4) is 0 Å². The van der Waals surface area contributed by atoms with Crippen molar-refractivity contribution in [2.45, 2.75) is 59.4 Å². The quantitative estimate of drug-likeness (QED) is 0.746. The van der Waals surface area contributed by atoms with Gasteiger partial charge in [0.25, 0.3) is 0 Å². The normalized spacial score (nSPS) is 24.6. The Hall–Kier alpha value is -0.120. The number of hydrogen-bond acceptors (Lipinski definition) is 3. The minimum atomic E-state index is -0.0993. The van der Waals surface area contributed by atoms with Crippen LogP contribution in [-0.2, 0) is 0 Å². The molecular formula is C16H34N2O. The zero-order valence-electron chi connectivity index (χ0n) is 13.6. The van der Waals surface area contributed by atoms with Gasteiger partial charge in [0, 0.05) is 12.1 Å². The third-order valence-electron chi connectivity index (χ3n) is 4.65. The molecule has 1 saturated heterocycles. The van der Waals surface area contributed by atoms with Crippen LogP contribution in [0.2, 0.25) is 0 Å². The van der Waals surface area contributed by atoms with E-state index in [0.717, 1.165) is 18.9 Å². The lowest BCUT2D eigenvalue weighted by atomic mass is 9.80. The average Bonchev–Trinajstić information content (AvgIpc) is 2.78. The van der Waals surface area contributed by atoms with Crippen LogP contribution < -0.4 is 5.32 Å². The molecule has 0 aromatic heterocycles. The smallest absolute Gasteiger partial charge is 0.0610 e. The molecular weight excluding hydrogens is 236 g/mol. The Morgan fingerprint density at radius 2 is 1.95 bits per heavy atom. The van der Waals surface area contributed by atoms with Gasteiger partial charge < -0.3 is 15.3 Å². The first kappa shape index (κ1) is 16.9. The minimum absolute atomic E-state index is 0.0993. The molecule has 3 heteroatoms. The predicted octanol–water partition coefficient (Wildman–Crippen LogP) is 2.50. The maximum Gasteiger partial charge on any atom is 0.0610 e. The summed E-state index contributed by atoms with van der Waals surface area (Å²) in [5, 5.41) is 12.9. The van der Waals surface area contributed by atoms with Crippen LogP contribution in [0.4, 0.5) is 0 Å². The summed E-state index contributed by atoms with van der Waals surface area (Å²) >= 11 is 0. The molecule has 0 radical (unpaired) electrons. The first-order valence-electron chi connectivity index (χ1n) is 7.89. The Morgan fingerprint density at radius 1 is 1.26 bits per heavy atom. The molecule has 0 saturated carbocycles. The van der Waals surface area contributed by atoms with Crippen molar-refractivity contribution in [1.82, 2.24) is 10.2 Å². The molecule has 0 aromatic rings. The molecule has 1 aliphatic rings. The molecule has 2 N–H and O–H groups in total. The second-order valence-corrected chi connectivity index (χ2v) is 7.50. The van der Waals surface area contributed by atoms with Crippen LogP contribution >= 0.6 is 0 Å². The molecule has 0 bridgehead atoms. The molecule has 1 rings (SSSR count). The van der Waals surface area contributed by atoms with E-state index in [4.69, 9.17) is 0 Å². The van der Waals surface area contributed by atoms with E-state index < -0.39 is 0 Å². The van der Waals surface area contributed by atoms with Gasteiger partial charge in [-0.3, -0.25) is 0 Å². The van der Waals surface area contributed by atoms with Crippen LogP contribution in [0.5, 0.6) is 0 Å². The fourth-order valence-corrected chi connectivity index (χ4v) is 3.09. The molecule has 114 valence electrons. The van der Waals surface area contributed by atoms with Gasteiger partial charge in [-0.2, -0.15) is 0 Å². The summed E-state index contributed by atoms with van der Waals surface area (Å²) < 4.78 is 0. The van der Waals surface area contributed by atoms with E-state index in [1.165, 1.54) is 32.5 Å². The van der Waals surface area contributed by atoms with E-state index >= 15 is 0 Å². The number of likely N-dealkylation sites (N-methyl/N-ethyl adjacent to an activating group) is 1. The lowest BCUT2D eigenvalue weighted by Gasteiger charge is -2.30. The Bertz CT molecular complexity index is 262. The third kappa shape index (κ3) is 5.41. The van der Waals surface area contributed by atoms with Crippen LogP contribution in [0.15, 0.2) is 0 Å². The van der Waals surface area contributed by atoms with Crippen molar-refractivity contribution in [1.29, 1.82) is 0 Å². The van der Waals surface area contributed by atoms with Gasteiger partial charge in [0.05, 0.1) is 6.61 Å². The molecule has 0 aliphatic carbocycles. The standard InChI is InChI=1S/C16H34N2O/c1-6-17-16(5,13-19)9-7-10-18-11-8-14(12-18)15(2,3)4/h14,17,19H,6-13H2,1-5H3. The highest BCUT2D eigenvalue weighted by Crippen LogP contribution is 2.33. The lowest BCUT2D eigenvalue weighted by molar-refractivity contribution is 0.159. The molecule has 2 unspecified atom stereocenters. The van der Waals surface area contributed by atoms with Crippen molar-refractivity contribution < 1.29 is 5.11 Å². The molecule has 0 aromatic carbocycles. The van der Waals surface area contributed by atoms with Gasteiger partial charge in [-0.25, -0.2) is 0 Å². The predicted molar refractivity (Wildman–Crippen MR) is 82.4 cm³/mol. The van der Waals surface area contributed by atoms with E-state index in [9.17, 15) is 5.11 Å². The van der Waals surface area contributed by atoms with Gasteiger partial charge in [0.1, 0.15) is 0 Å². The van der Waals surface area contributed by atoms with Gasteiger partial charge in [0.15, 0.2) is 0 Å². The van der Waals surface area contributed by atoms with E-state index in [2.05, 4.69) is 44.8 Å². The van der Waals surface area contributed by atoms with E-state index in [1.54, 1.807) is 0 Å². The molecule has 3 nitrogen and oxygen atoms in total. The van der Waals surface area contributed by atoms with Gasteiger partial charge in [-0.15, -0.1) is 0 Å². The first-order valence-corrected chi connectivity index (χ1v) is 7.89. The number of nitrogens with one attached hydrogen (secondary N) is 1. The lowest BCUT2D eigenvalue weighted by Crippen LogP contribution is -2.46. The number of hydrogen-bond donors (Lipinski definition) is 2. The maximum atomic E-state index is 9.48. The van der Waals surface area contributed by atoms with E-state index in [0.29, 0.717) is 5.41 Å². The summed E-state index contributed by atoms with van der Waals surface area (Å²) in [7, 11) is 0. The van der Waals surface area contributed by atoms with Crippen LogP contribution in [0.1, 0.15) is 53.9 Å². The van der Waals surface area contributed by atoms with Gasteiger partial charge >= 0.3 is 0 Å². The third-order valence-corrected chi connectivity index (χ3v) is 4.65. The largest absolute Gasteiger partial charge is 0.394 e. The highest BCUT2D eigenvalue weighted by atomic mass is 16.3. The van der Waals surface area contributed by atoms with Gasteiger partial charge in [-0.05, 0) is 57.2 Å². The Kier molecular flexibility index (Phi) is 6.28. The second-order valence-electron chi connectivity index (χ2n) is 7.50. The maximum absolute atomic E-state index is 9.48. The highest BCUT2D eigenvalue weighted by molar-refractivity contribution is 4.85. The van der Waals surface area contributed by atoms with E-state index in [-0.39, 0.29) is 12.1 Å². The molecule has 1 heterocycles. The number of nitrogens with zero attached hydrogens (tertiary/aromatic N) is 1. The van der Waals surface area contributed by atoms with Crippen molar-refractivity contribution >= 4 is 0 Å². The number of aliphatic hydroxyl groups is 1. The Morgan fingerprint density at radius 3 is 2.42 bits per heavy atom. The summed E-state index contributed by atoms with van der Waals surface area (Å²) in [6.45, 7) is 16.1. The van der Waals surface area contributed by atoms with Crippen molar-refractivity contribution in [2.75, 3.05) is 32.8 Å². The topological polar surface area (TPSA) is 35.5 Å². The van der Waals surface area contributed by atoms with Gasteiger partial charge in [-0.1, -0.05) is 27.7 Å². The summed E-state index contributed by atoms with van der Waals surface area (Å²) in [6, 6.07) is 0. The molecule has 0 spiro atoms. The summed E-state index contributed by atoms with van der Waals surface area (Å²) in [5.74, 6) is 0.838. The van der Waals surface area contributed by atoms with Crippen molar-refractivity contribution in [3.05, 3.63) is 0 Å². The van der Waals surface area contributed by atoms with Crippen molar-refractivity contribution in [2.24, 2.45) is 11.3 Å².